The normalized spacial score (nSPS) is 18.9. The lowest BCUT2D eigenvalue weighted by atomic mass is 9.61. The molecule has 176 valence electrons. The number of benzene rings is 1. The summed E-state index contributed by atoms with van der Waals surface area (Å²) in [6.45, 7) is 6.86. The van der Waals surface area contributed by atoms with Crippen LogP contribution < -0.4 is 5.32 Å². The number of rotatable bonds is 5. The highest BCUT2D eigenvalue weighted by Gasteiger charge is 2.68. The van der Waals surface area contributed by atoms with Gasteiger partial charge in [0.05, 0.1) is 11.6 Å². The first-order valence-electron chi connectivity index (χ1n) is 9.58. The fraction of sp³-hybridized carbons (Fsp3) is 0.524. The number of ether oxygens (including phenoxy) is 2. The number of alkyl halides is 3. The van der Waals surface area contributed by atoms with Crippen molar-refractivity contribution in [2.45, 2.75) is 59.0 Å². The minimum absolute atomic E-state index is 0.173. The zero-order chi connectivity index (χ0) is 24.7. The minimum Gasteiger partial charge on any atom is -0.465 e. The van der Waals surface area contributed by atoms with Crippen LogP contribution in [0.15, 0.2) is 24.3 Å². The van der Waals surface area contributed by atoms with Crippen LogP contribution in [-0.2, 0) is 36.5 Å². The van der Waals surface area contributed by atoms with Gasteiger partial charge in [0.25, 0.3) is 5.79 Å². The minimum atomic E-state index is -4.58. The van der Waals surface area contributed by atoms with Crippen molar-refractivity contribution in [2.24, 2.45) is 10.8 Å². The number of nitrogens with one attached hydrogen (secondary N) is 1. The molecule has 0 spiro atoms. The summed E-state index contributed by atoms with van der Waals surface area (Å²) in [6.07, 6.45) is -6.62. The Bertz CT molecular complexity index is 910. The molecule has 2 N–H and O–H groups in total. The fourth-order valence-corrected chi connectivity index (χ4v) is 3.57. The highest BCUT2D eigenvalue weighted by atomic mass is 19.4. The number of hydrogen-bond acceptors (Lipinski definition) is 6. The molecule has 32 heavy (non-hydrogen) atoms. The largest absolute Gasteiger partial charge is 0.465 e. The van der Waals surface area contributed by atoms with Gasteiger partial charge in [0.2, 0.25) is 5.41 Å². The lowest BCUT2D eigenvalue weighted by Gasteiger charge is -2.46. The third kappa shape index (κ3) is 4.71. The van der Waals surface area contributed by atoms with Gasteiger partial charge in [-0.25, -0.2) is 4.79 Å². The van der Waals surface area contributed by atoms with Crippen LogP contribution in [0.1, 0.15) is 45.7 Å². The van der Waals surface area contributed by atoms with Crippen molar-refractivity contribution in [1.29, 1.82) is 0 Å². The van der Waals surface area contributed by atoms with Gasteiger partial charge in [-0.15, -0.1) is 0 Å². The van der Waals surface area contributed by atoms with E-state index in [0.29, 0.717) is 0 Å². The molecule has 1 amide bonds. The van der Waals surface area contributed by atoms with E-state index >= 15 is 0 Å². The van der Waals surface area contributed by atoms with Crippen LogP contribution >= 0.6 is 0 Å². The van der Waals surface area contributed by atoms with Crippen LogP contribution in [-0.4, -0.2) is 40.8 Å². The van der Waals surface area contributed by atoms with Gasteiger partial charge in [-0.05, 0) is 29.5 Å². The van der Waals surface area contributed by atoms with Crippen molar-refractivity contribution in [3.8, 4) is 0 Å². The molecule has 0 radical (unpaired) electrons. The predicted molar refractivity (Wildman–Crippen MR) is 103 cm³/mol. The maximum atomic E-state index is 13.6. The summed E-state index contributed by atoms with van der Waals surface area (Å²) in [4.78, 5) is 50.9. The SMILES string of the molecule is CC1(C)OC(=O)C(C(=O)C(Cc2ccc(C(F)(F)F)cc2)NC(=O)O)(C(C)(C)C)C(=O)O1. The lowest BCUT2D eigenvalue weighted by molar-refractivity contribution is -0.256. The zero-order valence-electron chi connectivity index (χ0n) is 18.1. The Balaban J connectivity index is 2.51. The summed E-state index contributed by atoms with van der Waals surface area (Å²) in [7, 11) is 0. The van der Waals surface area contributed by atoms with Crippen molar-refractivity contribution in [2.75, 3.05) is 0 Å². The molecule has 1 saturated heterocycles. The number of cyclic esters (lactones) is 2. The van der Waals surface area contributed by atoms with Gasteiger partial charge in [0, 0.05) is 13.8 Å². The van der Waals surface area contributed by atoms with Gasteiger partial charge < -0.3 is 19.9 Å². The molecule has 1 fully saturated rings. The van der Waals surface area contributed by atoms with Crippen molar-refractivity contribution < 1.29 is 46.9 Å². The average Bonchev–Trinajstić information content (AvgIpc) is 2.57. The molecular formula is C21H24F3NO7. The van der Waals surface area contributed by atoms with Gasteiger partial charge >= 0.3 is 24.2 Å². The number of hydrogen-bond donors (Lipinski definition) is 2. The second kappa shape index (κ2) is 8.10. The van der Waals surface area contributed by atoms with E-state index in [-0.39, 0.29) is 5.56 Å². The van der Waals surface area contributed by atoms with Gasteiger partial charge in [0.15, 0.2) is 5.78 Å². The number of esters is 2. The Morgan fingerprint density at radius 2 is 1.50 bits per heavy atom. The predicted octanol–water partition coefficient (Wildman–Crippen LogP) is 3.32. The van der Waals surface area contributed by atoms with Gasteiger partial charge in [-0.1, -0.05) is 32.9 Å². The molecule has 0 aliphatic carbocycles. The van der Waals surface area contributed by atoms with Crippen LogP contribution in [0, 0.1) is 10.8 Å². The molecule has 1 atom stereocenters. The maximum Gasteiger partial charge on any atom is 0.416 e. The maximum absolute atomic E-state index is 13.6. The summed E-state index contributed by atoms with van der Waals surface area (Å²) >= 11 is 0. The third-order valence-electron chi connectivity index (χ3n) is 5.12. The van der Waals surface area contributed by atoms with E-state index in [2.05, 4.69) is 0 Å². The highest BCUT2D eigenvalue weighted by Crippen LogP contribution is 2.47. The number of Topliss-reactive ketones (excluding diaryl/α,β-unsaturated/α-hetero) is 1. The molecule has 0 bridgehead atoms. The molecule has 1 aromatic carbocycles. The Morgan fingerprint density at radius 1 is 1.03 bits per heavy atom. The number of halogens is 3. The highest BCUT2D eigenvalue weighted by molar-refractivity contribution is 6.23. The lowest BCUT2D eigenvalue weighted by Crippen LogP contribution is -2.66. The molecule has 0 saturated carbocycles. The quantitative estimate of drug-likeness (QED) is 0.512. The summed E-state index contributed by atoms with van der Waals surface area (Å²) < 4.78 is 48.8. The van der Waals surface area contributed by atoms with E-state index in [4.69, 9.17) is 9.47 Å². The van der Waals surface area contributed by atoms with E-state index in [0.717, 1.165) is 24.3 Å². The Labute approximate surface area is 182 Å². The molecule has 1 aromatic rings. The number of amides is 1. The van der Waals surface area contributed by atoms with Crippen molar-refractivity contribution >= 4 is 23.8 Å². The molecule has 8 nitrogen and oxygen atoms in total. The van der Waals surface area contributed by atoms with Gasteiger partial charge in [-0.2, -0.15) is 13.2 Å². The number of carbonyl (C=O) groups excluding carboxylic acids is 3. The van der Waals surface area contributed by atoms with Crippen molar-refractivity contribution in [1.82, 2.24) is 5.32 Å². The van der Waals surface area contributed by atoms with E-state index in [1.54, 1.807) is 0 Å². The van der Waals surface area contributed by atoms with E-state index in [9.17, 15) is 37.5 Å². The molecule has 1 aliphatic rings. The fourth-order valence-electron chi connectivity index (χ4n) is 3.57. The summed E-state index contributed by atoms with van der Waals surface area (Å²) in [5, 5.41) is 11.2. The second-order valence-electron chi connectivity index (χ2n) is 8.94. The summed E-state index contributed by atoms with van der Waals surface area (Å²) in [6, 6.07) is 2.07. The molecule has 0 aromatic heterocycles. The Morgan fingerprint density at radius 3 is 1.88 bits per heavy atom. The van der Waals surface area contributed by atoms with Crippen molar-refractivity contribution in [3.63, 3.8) is 0 Å². The smallest absolute Gasteiger partial charge is 0.416 e. The Hall–Kier alpha value is -3.11. The van der Waals surface area contributed by atoms with E-state index in [1.165, 1.54) is 34.6 Å². The van der Waals surface area contributed by atoms with Crippen LogP contribution in [0.5, 0.6) is 0 Å². The topological polar surface area (TPSA) is 119 Å². The molecule has 1 unspecified atom stereocenters. The van der Waals surface area contributed by atoms with Gasteiger partial charge in [0.1, 0.15) is 0 Å². The van der Waals surface area contributed by atoms with E-state index in [1.807, 2.05) is 5.32 Å². The Kier molecular flexibility index (Phi) is 6.37. The molecular weight excluding hydrogens is 435 g/mol. The molecule has 2 rings (SSSR count). The standard InChI is InChI=1S/C21H24F3NO7/c1-18(2,3)20(15(27)31-19(4,5)32-16(20)28)14(26)13(25-17(29)30)10-11-6-8-12(9-7-11)21(22,23)24/h6-9,13,25H,10H2,1-5H3,(H,29,30). The number of ketones is 1. The molecule has 11 heteroatoms. The number of carboxylic acid groups (broad SMARTS) is 1. The molecule has 1 heterocycles. The van der Waals surface area contributed by atoms with E-state index < -0.39 is 64.6 Å². The van der Waals surface area contributed by atoms with Crippen molar-refractivity contribution in [3.05, 3.63) is 35.4 Å². The average molecular weight is 459 g/mol. The molecule has 1 aliphatic heterocycles. The summed E-state index contributed by atoms with van der Waals surface area (Å²) in [5.41, 5.74) is -4.63. The van der Waals surface area contributed by atoms with Crippen LogP contribution in [0.3, 0.4) is 0 Å². The zero-order valence-corrected chi connectivity index (χ0v) is 18.1. The first-order valence-corrected chi connectivity index (χ1v) is 9.58. The number of carbonyl (C=O) groups is 4. The van der Waals surface area contributed by atoms with Crippen LogP contribution in [0.4, 0.5) is 18.0 Å². The van der Waals surface area contributed by atoms with Gasteiger partial charge in [-0.3, -0.25) is 14.4 Å². The summed E-state index contributed by atoms with van der Waals surface area (Å²) in [5.74, 6) is -5.15. The third-order valence-corrected chi connectivity index (χ3v) is 5.12. The second-order valence-corrected chi connectivity index (χ2v) is 8.94. The first kappa shape index (κ1) is 25.2. The first-order chi connectivity index (χ1) is 14.4. The van der Waals surface area contributed by atoms with Crippen LogP contribution in [0.25, 0.3) is 0 Å². The monoisotopic (exact) mass is 459 g/mol. The van der Waals surface area contributed by atoms with Crippen LogP contribution in [0.2, 0.25) is 0 Å².